The maximum absolute atomic E-state index is 12.1. The molecule has 0 spiro atoms. The predicted octanol–water partition coefficient (Wildman–Crippen LogP) is 3.99. The molecule has 0 aromatic heterocycles. The van der Waals surface area contributed by atoms with Crippen molar-refractivity contribution in [1.29, 1.82) is 0 Å². The van der Waals surface area contributed by atoms with Gasteiger partial charge in [-0.3, -0.25) is 4.79 Å². The van der Waals surface area contributed by atoms with Crippen LogP contribution >= 0.6 is 11.6 Å². The number of para-hydroxylation sites is 1. The normalized spacial score (nSPS) is 16.9. The summed E-state index contributed by atoms with van der Waals surface area (Å²) in [6.07, 6.45) is 4.08. The Morgan fingerprint density at radius 2 is 2.00 bits per heavy atom. The fourth-order valence-electron chi connectivity index (χ4n) is 2.49. The molecule has 0 saturated heterocycles. The summed E-state index contributed by atoms with van der Waals surface area (Å²) in [6.45, 7) is 0.546. The van der Waals surface area contributed by atoms with Crippen LogP contribution in [0.2, 0.25) is 5.02 Å². The first kappa shape index (κ1) is 14.7. The van der Waals surface area contributed by atoms with E-state index in [1.54, 1.807) is 18.2 Å². The molecule has 1 amide bonds. The van der Waals surface area contributed by atoms with Crippen molar-refractivity contribution in [1.82, 2.24) is 5.32 Å². The van der Waals surface area contributed by atoms with E-state index in [0.717, 1.165) is 17.5 Å². The number of hydrogen-bond acceptors (Lipinski definition) is 2. The van der Waals surface area contributed by atoms with Crippen molar-refractivity contribution in [3.05, 3.63) is 70.8 Å². The SMILES string of the molecule is O=C(C=Cc1ccccc1)NC1CCOc2c(Cl)cccc21. The highest BCUT2D eigenvalue weighted by Gasteiger charge is 2.23. The van der Waals surface area contributed by atoms with Crippen molar-refractivity contribution >= 4 is 23.6 Å². The van der Waals surface area contributed by atoms with Crippen LogP contribution < -0.4 is 10.1 Å². The lowest BCUT2D eigenvalue weighted by Crippen LogP contribution is -2.31. The van der Waals surface area contributed by atoms with Crippen molar-refractivity contribution in [2.75, 3.05) is 6.61 Å². The standard InChI is InChI=1S/C18H16ClNO2/c19-15-8-4-7-14-16(11-12-22-18(14)15)20-17(21)10-9-13-5-2-1-3-6-13/h1-10,16H,11-12H2,(H,20,21). The van der Waals surface area contributed by atoms with Crippen molar-refractivity contribution in [2.24, 2.45) is 0 Å². The van der Waals surface area contributed by atoms with Crippen LogP contribution in [0, 0.1) is 0 Å². The number of ether oxygens (including phenoxy) is 1. The van der Waals surface area contributed by atoms with E-state index in [9.17, 15) is 4.79 Å². The molecule has 3 rings (SSSR count). The second-order valence-electron chi connectivity index (χ2n) is 5.10. The van der Waals surface area contributed by atoms with Crippen molar-refractivity contribution in [3.8, 4) is 5.75 Å². The summed E-state index contributed by atoms with van der Waals surface area (Å²) in [6, 6.07) is 15.2. The number of fused-ring (bicyclic) bond motifs is 1. The number of amides is 1. The monoisotopic (exact) mass is 313 g/mol. The highest BCUT2D eigenvalue weighted by molar-refractivity contribution is 6.32. The molecule has 1 N–H and O–H groups in total. The first-order chi connectivity index (χ1) is 10.7. The number of hydrogen-bond donors (Lipinski definition) is 1. The van der Waals surface area contributed by atoms with Crippen LogP contribution in [-0.2, 0) is 4.79 Å². The fourth-order valence-corrected chi connectivity index (χ4v) is 2.73. The molecule has 1 heterocycles. The van der Waals surface area contributed by atoms with E-state index in [4.69, 9.17) is 16.3 Å². The van der Waals surface area contributed by atoms with Gasteiger partial charge in [0.1, 0.15) is 5.75 Å². The number of rotatable bonds is 3. The summed E-state index contributed by atoms with van der Waals surface area (Å²) < 4.78 is 5.59. The van der Waals surface area contributed by atoms with Gasteiger partial charge in [0.25, 0.3) is 0 Å². The average molecular weight is 314 g/mol. The minimum atomic E-state index is -0.123. The van der Waals surface area contributed by atoms with Crippen LogP contribution in [0.4, 0.5) is 0 Å². The summed E-state index contributed by atoms with van der Waals surface area (Å²) in [4.78, 5) is 12.1. The van der Waals surface area contributed by atoms with E-state index in [1.165, 1.54) is 0 Å². The van der Waals surface area contributed by atoms with Gasteiger partial charge in [-0.2, -0.15) is 0 Å². The Morgan fingerprint density at radius 3 is 2.82 bits per heavy atom. The third-order valence-electron chi connectivity index (χ3n) is 3.57. The summed E-state index contributed by atoms with van der Waals surface area (Å²) in [5, 5.41) is 3.59. The Bertz CT molecular complexity index is 697. The van der Waals surface area contributed by atoms with Gasteiger partial charge in [-0.15, -0.1) is 0 Å². The Morgan fingerprint density at radius 1 is 1.18 bits per heavy atom. The molecule has 0 aliphatic carbocycles. The smallest absolute Gasteiger partial charge is 0.244 e. The number of benzene rings is 2. The number of carbonyl (C=O) groups excluding carboxylic acids is 1. The molecule has 4 heteroatoms. The second kappa shape index (κ2) is 6.67. The van der Waals surface area contributed by atoms with Gasteiger partial charge >= 0.3 is 0 Å². The Labute approximate surface area is 134 Å². The average Bonchev–Trinajstić information content (AvgIpc) is 2.55. The van der Waals surface area contributed by atoms with E-state index >= 15 is 0 Å². The topological polar surface area (TPSA) is 38.3 Å². The van der Waals surface area contributed by atoms with E-state index in [-0.39, 0.29) is 11.9 Å². The molecule has 0 bridgehead atoms. The molecule has 112 valence electrons. The molecule has 1 atom stereocenters. The first-order valence-corrected chi connectivity index (χ1v) is 7.56. The van der Waals surface area contributed by atoms with Gasteiger partial charge in [-0.1, -0.05) is 54.1 Å². The quantitative estimate of drug-likeness (QED) is 0.870. The van der Waals surface area contributed by atoms with Gasteiger partial charge < -0.3 is 10.1 Å². The molecular formula is C18H16ClNO2. The molecule has 1 aliphatic rings. The van der Waals surface area contributed by atoms with Crippen LogP contribution in [0.5, 0.6) is 5.75 Å². The van der Waals surface area contributed by atoms with Gasteiger partial charge in [0.15, 0.2) is 0 Å². The molecule has 2 aromatic rings. The summed E-state index contributed by atoms with van der Waals surface area (Å²) in [5.41, 5.74) is 1.92. The lowest BCUT2D eigenvalue weighted by Gasteiger charge is -2.26. The molecule has 22 heavy (non-hydrogen) atoms. The van der Waals surface area contributed by atoms with E-state index in [2.05, 4.69) is 5.32 Å². The zero-order valence-corrected chi connectivity index (χ0v) is 12.7. The summed E-state index contributed by atoms with van der Waals surface area (Å²) in [7, 11) is 0. The minimum Gasteiger partial charge on any atom is -0.492 e. The van der Waals surface area contributed by atoms with Gasteiger partial charge in [0.2, 0.25) is 5.91 Å². The highest BCUT2D eigenvalue weighted by atomic mass is 35.5. The number of halogens is 1. The molecule has 0 radical (unpaired) electrons. The molecular weight excluding hydrogens is 298 g/mol. The zero-order chi connectivity index (χ0) is 15.4. The van der Waals surface area contributed by atoms with Crippen molar-refractivity contribution in [3.63, 3.8) is 0 Å². The zero-order valence-electron chi connectivity index (χ0n) is 12.0. The molecule has 3 nitrogen and oxygen atoms in total. The summed E-state index contributed by atoms with van der Waals surface area (Å²) >= 11 is 6.13. The van der Waals surface area contributed by atoms with Crippen LogP contribution in [-0.4, -0.2) is 12.5 Å². The summed E-state index contributed by atoms with van der Waals surface area (Å²) in [5.74, 6) is 0.550. The van der Waals surface area contributed by atoms with Crippen molar-refractivity contribution < 1.29 is 9.53 Å². The number of nitrogens with one attached hydrogen (secondary N) is 1. The van der Waals surface area contributed by atoms with E-state index in [0.29, 0.717) is 17.4 Å². The largest absolute Gasteiger partial charge is 0.492 e. The van der Waals surface area contributed by atoms with Gasteiger partial charge in [0.05, 0.1) is 17.7 Å². The van der Waals surface area contributed by atoms with E-state index < -0.39 is 0 Å². The molecule has 1 aliphatic heterocycles. The lowest BCUT2D eigenvalue weighted by molar-refractivity contribution is -0.117. The van der Waals surface area contributed by atoms with Crippen LogP contribution in [0.1, 0.15) is 23.6 Å². The Hall–Kier alpha value is -2.26. The molecule has 0 fully saturated rings. The van der Waals surface area contributed by atoms with Gasteiger partial charge in [0, 0.05) is 18.1 Å². The van der Waals surface area contributed by atoms with Crippen molar-refractivity contribution in [2.45, 2.75) is 12.5 Å². The van der Waals surface area contributed by atoms with Crippen LogP contribution in [0.25, 0.3) is 6.08 Å². The third-order valence-corrected chi connectivity index (χ3v) is 3.87. The maximum atomic E-state index is 12.1. The maximum Gasteiger partial charge on any atom is 0.244 e. The molecule has 2 aromatic carbocycles. The third kappa shape index (κ3) is 3.31. The first-order valence-electron chi connectivity index (χ1n) is 7.19. The molecule has 0 saturated carbocycles. The fraction of sp³-hybridized carbons (Fsp3) is 0.167. The molecule has 1 unspecified atom stereocenters. The van der Waals surface area contributed by atoms with Gasteiger partial charge in [-0.25, -0.2) is 0 Å². The number of carbonyl (C=O) groups is 1. The Kier molecular flexibility index (Phi) is 4.45. The van der Waals surface area contributed by atoms with Crippen LogP contribution in [0.15, 0.2) is 54.6 Å². The van der Waals surface area contributed by atoms with Gasteiger partial charge in [-0.05, 0) is 17.7 Å². The lowest BCUT2D eigenvalue weighted by atomic mass is 10.0. The highest BCUT2D eigenvalue weighted by Crippen LogP contribution is 2.37. The van der Waals surface area contributed by atoms with Crippen LogP contribution in [0.3, 0.4) is 0 Å². The van der Waals surface area contributed by atoms with E-state index in [1.807, 2.05) is 42.5 Å². The Balaban J connectivity index is 1.71. The minimum absolute atomic E-state index is 0.0737. The second-order valence-corrected chi connectivity index (χ2v) is 5.51. The predicted molar refractivity (Wildman–Crippen MR) is 87.9 cm³/mol.